The number of fused-ring (bicyclic) bond motifs is 16. The lowest BCUT2D eigenvalue weighted by atomic mass is 9.29. The van der Waals surface area contributed by atoms with E-state index in [0.29, 0.717) is 0 Å². The summed E-state index contributed by atoms with van der Waals surface area (Å²) in [7, 11) is 0. The summed E-state index contributed by atoms with van der Waals surface area (Å²) in [6.07, 6.45) is 0. The summed E-state index contributed by atoms with van der Waals surface area (Å²) in [5, 5.41) is 2.46. The minimum atomic E-state index is -0.528. The number of hydrogen-bond donors (Lipinski definition) is 0. The third-order valence-corrected chi connectivity index (χ3v) is 20.2. The highest BCUT2D eigenvalue weighted by Crippen LogP contribution is 2.64. The van der Waals surface area contributed by atoms with Gasteiger partial charge in [-0.3, -0.25) is 0 Å². The molecule has 0 radical (unpaired) electrons. The summed E-state index contributed by atoms with van der Waals surface area (Å²) in [6, 6.07) is 82.9. The fourth-order valence-corrected chi connectivity index (χ4v) is 16.8. The smallest absolute Gasteiger partial charge is 0.247 e. The van der Waals surface area contributed by atoms with E-state index in [1.54, 1.807) is 0 Å². The fraction of sp³-hybridized carbons (Fsp3) is 0.185. The van der Waals surface area contributed by atoms with Gasteiger partial charge in [0, 0.05) is 33.5 Å². The van der Waals surface area contributed by atoms with Crippen LogP contribution >= 0.6 is 0 Å². The van der Waals surface area contributed by atoms with Crippen LogP contribution in [0.25, 0.3) is 38.6 Å². The van der Waals surface area contributed by atoms with Crippen molar-refractivity contribution in [2.75, 3.05) is 9.80 Å². The lowest BCUT2D eigenvalue weighted by Crippen LogP contribution is -2.66. The minimum Gasteiger partial charge on any atom is -0.313 e. The zero-order chi connectivity index (χ0) is 59.0. The quantitative estimate of drug-likeness (QED) is 0.163. The lowest BCUT2D eigenvalue weighted by Gasteiger charge is -2.46. The summed E-state index contributed by atoms with van der Waals surface area (Å²) in [4.78, 5) is 5.30. The van der Waals surface area contributed by atoms with Gasteiger partial charge in [-0.1, -0.05) is 250 Å². The molecular formula is C81H71B2N3. The Bertz CT molecular complexity index is 4620. The highest BCUT2D eigenvalue weighted by molar-refractivity contribution is 7.02. The second-order valence-corrected chi connectivity index (χ2v) is 27.6. The molecule has 0 amide bonds. The molecule has 11 aromatic carbocycles. The molecule has 4 heterocycles. The number of anilines is 6. The average molecular weight is 1110 g/mol. The molecule has 1 aromatic heterocycles. The molecule has 1 aliphatic carbocycles. The van der Waals surface area contributed by atoms with E-state index in [0.717, 1.165) is 11.4 Å². The van der Waals surface area contributed by atoms with E-state index in [2.05, 4.69) is 310 Å². The second-order valence-electron chi connectivity index (χ2n) is 27.6. The summed E-state index contributed by atoms with van der Waals surface area (Å²) in [6.45, 7) is 28.0. The first-order valence-electron chi connectivity index (χ1n) is 31.1. The van der Waals surface area contributed by atoms with Crippen LogP contribution in [0.3, 0.4) is 0 Å². The first-order valence-corrected chi connectivity index (χ1v) is 31.1. The van der Waals surface area contributed by atoms with Gasteiger partial charge in [-0.2, -0.15) is 0 Å². The van der Waals surface area contributed by atoms with Crippen LogP contribution in [0, 0.1) is 41.5 Å². The number of para-hydroxylation sites is 4. The second kappa shape index (κ2) is 18.5. The van der Waals surface area contributed by atoms with E-state index in [1.165, 1.54) is 161 Å². The van der Waals surface area contributed by atoms with Gasteiger partial charge in [-0.25, -0.2) is 0 Å². The number of rotatable bonds is 4. The van der Waals surface area contributed by atoms with Crippen molar-refractivity contribution in [2.24, 2.45) is 0 Å². The van der Waals surface area contributed by atoms with Crippen LogP contribution in [0.4, 0.5) is 34.1 Å². The summed E-state index contributed by atoms with van der Waals surface area (Å²) >= 11 is 0. The largest absolute Gasteiger partial charge is 0.313 e. The van der Waals surface area contributed by atoms with Crippen molar-refractivity contribution < 1.29 is 0 Å². The molecule has 3 nitrogen and oxygen atoms in total. The normalized spacial score (nSPS) is 14.3. The number of benzene rings is 11. The van der Waals surface area contributed by atoms with Crippen LogP contribution in [-0.4, -0.2) is 18.0 Å². The van der Waals surface area contributed by atoms with Gasteiger partial charge in [0.2, 0.25) is 13.4 Å². The molecule has 86 heavy (non-hydrogen) atoms. The van der Waals surface area contributed by atoms with Crippen molar-refractivity contribution in [1.29, 1.82) is 0 Å². The Labute approximate surface area is 508 Å². The molecule has 16 rings (SSSR count). The van der Waals surface area contributed by atoms with Crippen LogP contribution in [0.1, 0.15) is 108 Å². The Hall–Kier alpha value is -9.05. The van der Waals surface area contributed by atoms with Crippen LogP contribution in [0.5, 0.6) is 0 Å². The van der Waals surface area contributed by atoms with E-state index in [1.807, 2.05) is 0 Å². The Kier molecular flexibility index (Phi) is 11.3. The highest BCUT2D eigenvalue weighted by Gasteiger charge is 2.52. The van der Waals surface area contributed by atoms with Crippen molar-refractivity contribution >= 4 is 102 Å². The molecule has 0 saturated carbocycles. The van der Waals surface area contributed by atoms with E-state index in [-0.39, 0.29) is 24.3 Å². The van der Waals surface area contributed by atoms with E-state index < -0.39 is 5.41 Å². The average Bonchev–Trinajstić information content (AvgIpc) is 1.29. The van der Waals surface area contributed by atoms with Gasteiger partial charge in [0.15, 0.2) is 0 Å². The SMILES string of the molecule is Cc1cc(C)c(B2c3cc(C(C)(C)C)ccc3N3c4ccc(C(C)(C)C)cc4B(c4c(C)cc(C)cc4C)c4cc(-n5c6ccccc6c6cccc(N7c8ccccc8C8(c9ccccc9-c9ccccc98)c8ccccc87)c65)cc2c43)c(C)c1. The molecule has 0 fully saturated rings. The van der Waals surface area contributed by atoms with Crippen LogP contribution < -0.4 is 42.6 Å². The topological polar surface area (TPSA) is 11.4 Å². The Morgan fingerprint density at radius 1 is 0.349 bits per heavy atom. The zero-order valence-corrected chi connectivity index (χ0v) is 51.7. The molecule has 4 aliphatic rings. The maximum Gasteiger partial charge on any atom is 0.247 e. The Balaban J connectivity index is 1.05. The molecule has 0 saturated heterocycles. The molecular weight excluding hydrogens is 1040 g/mol. The van der Waals surface area contributed by atoms with Crippen LogP contribution in [0.15, 0.2) is 212 Å². The van der Waals surface area contributed by atoms with Crippen molar-refractivity contribution in [2.45, 2.75) is 99.3 Å². The van der Waals surface area contributed by atoms with Gasteiger partial charge in [0.05, 0.1) is 33.5 Å². The lowest BCUT2D eigenvalue weighted by molar-refractivity contribution is 0.590. The maximum atomic E-state index is 2.69. The van der Waals surface area contributed by atoms with Crippen molar-refractivity contribution in [3.05, 3.63) is 279 Å². The van der Waals surface area contributed by atoms with E-state index in [4.69, 9.17) is 0 Å². The van der Waals surface area contributed by atoms with Gasteiger partial charge in [0.25, 0.3) is 0 Å². The third-order valence-electron chi connectivity index (χ3n) is 20.2. The molecule has 0 atom stereocenters. The summed E-state index contributed by atoms with van der Waals surface area (Å²) in [5.74, 6) is 0. The molecule has 3 aliphatic heterocycles. The predicted octanol–water partition coefficient (Wildman–Crippen LogP) is 16.5. The fourth-order valence-electron chi connectivity index (χ4n) is 16.8. The Morgan fingerprint density at radius 3 is 1.26 bits per heavy atom. The van der Waals surface area contributed by atoms with Gasteiger partial charge < -0.3 is 14.4 Å². The molecule has 1 spiro atoms. The minimum absolute atomic E-state index is 0.0733. The van der Waals surface area contributed by atoms with Crippen molar-refractivity contribution in [3.63, 3.8) is 0 Å². The molecule has 416 valence electrons. The van der Waals surface area contributed by atoms with Crippen LogP contribution in [0.2, 0.25) is 0 Å². The molecule has 12 aromatic rings. The molecule has 0 bridgehead atoms. The number of aromatic nitrogens is 1. The van der Waals surface area contributed by atoms with Crippen LogP contribution in [-0.2, 0) is 16.2 Å². The zero-order valence-electron chi connectivity index (χ0n) is 51.7. The van der Waals surface area contributed by atoms with E-state index in [9.17, 15) is 0 Å². The number of hydrogen-bond acceptors (Lipinski definition) is 2. The molecule has 0 N–H and O–H groups in total. The summed E-state index contributed by atoms with van der Waals surface area (Å²) < 4.78 is 2.66. The molecule has 5 heteroatoms. The monoisotopic (exact) mass is 1110 g/mol. The third kappa shape index (κ3) is 7.24. The van der Waals surface area contributed by atoms with Crippen molar-refractivity contribution in [3.8, 4) is 16.8 Å². The first-order chi connectivity index (χ1) is 41.4. The van der Waals surface area contributed by atoms with Gasteiger partial charge in [0.1, 0.15) is 0 Å². The predicted molar refractivity (Wildman–Crippen MR) is 369 cm³/mol. The van der Waals surface area contributed by atoms with E-state index >= 15 is 0 Å². The molecule has 0 unspecified atom stereocenters. The highest BCUT2D eigenvalue weighted by atomic mass is 15.2. The van der Waals surface area contributed by atoms with Gasteiger partial charge in [-0.15, -0.1) is 0 Å². The van der Waals surface area contributed by atoms with Gasteiger partial charge in [-0.05, 0) is 167 Å². The number of aryl methyl sites for hydroxylation is 6. The van der Waals surface area contributed by atoms with Crippen molar-refractivity contribution in [1.82, 2.24) is 4.57 Å². The first kappa shape index (κ1) is 52.5. The Morgan fingerprint density at radius 2 is 0.767 bits per heavy atom. The van der Waals surface area contributed by atoms with Gasteiger partial charge >= 0.3 is 0 Å². The summed E-state index contributed by atoms with van der Waals surface area (Å²) in [5.41, 5.74) is 36.8. The number of nitrogens with zero attached hydrogens (tertiary/aromatic N) is 3. The maximum absolute atomic E-state index is 2.69. The standard InChI is InChI=1S/C81H71B2N3/c1-48-40-50(3)75(51(4)41-48)82-65-44-54(79(7,8)9)36-38-72(65)86-73-39-37-55(80(10,11)12)45-66(73)83(76-52(5)42-49(2)43-53(76)6)68-47-56(46-67(82)78(68)86)84-69-32-20-15-26-59(69)60-27-23-35-74(77(60)84)85-70-33-21-18-30-63(70)81(64-31-19-22-34-71(64)85)61-28-16-13-24-57(61)58-25-14-17-29-62(58)81/h13-47H,1-12H3.